The van der Waals surface area contributed by atoms with Gasteiger partial charge in [0, 0.05) is 6.42 Å². The van der Waals surface area contributed by atoms with E-state index in [2.05, 4.69) is 6.07 Å². The number of hydrogen-bond donors (Lipinski definition) is 0. The van der Waals surface area contributed by atoms with Crippen LogP contribution in [0.4, 0.5) is 0 Å². The summed E-state index contributed by atoms with van der Waals surface area (Å²) in [6.45, 7) is 1.83. The molecule has 56 valence electrons. The molecule has 0 aromatic carbocycles. The van der Waals surface area contributed by atoms with Crippen molar-refractivity contribution in [1.29, 1.82) is 5.26 Å². The smallest absolute Gasteiger partial charge is 0.0622 e. The summed E-state index contributed by atoms with van der Waals surface area (Å²) in [5, 5.41) is 8.94. The Balaban J connectivity index is 1.81. The minimum absolute atomic E-state index is 0.695. The molecule has 1 aliphatic rings. The molecule has 0 N–H and O–H groups in total. The second-order valence-corrected chi connectivity index (χ2v) is 3.70. The first-order chi connectivity index (χ1) is 4.93. The third kappa shape index (κ3) is 2.59. The van der Waals surface area contributed by atoms with Gasteiger partial charge < -0.3 is 4.74 Å². The predicted molar refractivity (Wildman–Crippen MR) is 41.9 cm³/mol. The van der Waals surface area contributed by atoms with Crippen LogP contribution in [0.1, 0.15) is 12.8 Å². The van der Waals surface area contributed by atoms with Gasteiger partial charge in [0.1, 0.15) is 0 Å². The van der Waals surface area contributed by atoms with Crippen molar-refractivity contribution in [2.45, 2.75) is 18.1 Å². The van der Waals surface area contributed by atoms with Crippen molar-refractivity contribution in [2.24, 2.45) is 0 Å². The molecule has 1 saturated heterocycles. The summed E-state index contributed by atoms with van der Waals surface area (Å²) in [5.41, 5.74) is 0. The van der Waals surface area contributed by atoms with Gasteiger partial charge in [0.15, 0.2) is 0 Å². The van der Waals surface area contributed by atoms with Crippen LogP contribution in [-0.4, -0.2) is 24.2 Å². The number of thioether (sulfide) groups is 1. The normalized spacial score (nSPS) is 17.9. The fourth-order valence-corrected chi connectivity index (χ4v) is 1.74. The van der Waals surface area contributed by atoms with E-state index in [4.69, 9.17) is 10.00 Å². The lowest BCUT2D eigenvalue weighted by atomic mass is 10.4. The lowest BCUT2D eigenvalue weighted by Crippen LogP contribution is -2.30. The number of unbranched alkanes of at least 4 members (excludes halogenated alkanes) is 1. The lowest BCUT2D eigenvalue weighted by Gasteiger charge is -2.24. The maximum Gasteiger partial charge on any atom is 0.0622 e. The molecule has 0 unspecified atom stereocenters. The molecule has 0 aromatic heterocycles. The second kappa shape index (κ2) is 4.59. The quantitative estimate of drug-likeness (QED) is 0.579. The Morgan fingerprint density at radius 1 is 1.60 bits per heavy atom. The molecule has 0 amide bonds. The molecule has 1 fully saturated rings. The van der Waals surface area contributed by atoms with E-state index in [1.54, 1.807) is 0 Å². The Labute approximate surface area is 65.6 Å². The van der Waals surface area contributed by atoms with Gasteiger partial charge in [-0.15, -0.1) is 0 Å². The third-order valence-electron chi connectivity index (χ3n) is 1.39. The van der Waals surface area contributed by atoms with Gasteiger partial charge >= 0.3 is 0 Å². The van der Waals surface area contributed by atoms with Crippen molar-refractivity contribution in [2.75, 3.05) is 19.0 Å². The van der Waals surface area contributed by atoms with Gasteiger partial charge in [-0.2, -0.15) is 17.0 Å². The van der Waals surface area contributed by atoms with E-state index in [0.717, 1.165) is 30.6 Å². The first-order valence-electron chi connectivity index (χ1n) is 3.50. The highest BCUT2D eigenvalue weighted by atomic mass is 32.2. The molecule has 2 nitrogen and oxygen atoms in total. The standard InChI is InChI=1S/C7H11NOS/c8-3-1-2-4-10-7-5-9-6-7/h7H,1-2,4-6H2. The zero-order valence-corrected chi connectivity index (χ0v) is 6.69. The van der Waals surface area contributed by atoms with Gasteiger partial charge in [0.25, 0.3) is 0 Å². The second-order valence-electron chi connectivity index (χ2n) is 2.29. The van der Waals surface area contributed by atoms with Gasteiger partial charge in [-0.05, 0) is 12.2 Å². The Morgan fingerprint density at radius 3 is 2.90 bits per heavy atom. The molecule has 0 aromatic rings. The van der Waals surface area contributed by atoms with Gasteiger partial charge in [-0.1, -0.05) is 0 Å². The monoisotopic (exact) mass is 157 g/mol. The molecule has 0 aliphatic carbocycles. The lowest BCUT2D eigenvalue weighted by molar-refractivity contribution is 0.0455. The number of nitrogens with zero attached hydrogens (tertiary/aromatic N) is 1. The van der Waals surface area contributed by atoms with Crippen LogP contribution in [-0.2, 0) is 4.74 Å². The van der Waals surface area contributed by atoms with E-state index in [1.807, 2.05) is 11.8 Å². The van der Waals surface area contributed by atoms with Crippen molar-refractivity contribution in [3.8, 4) is 6.07 Å². The molecule has 0 spiro atoms. The Hall–Kier alpha value is -0.200. The van der Waals surface area contributed by atoms with Crippen molar-refractivity contribution >= 4 is 11.8 Å². The highest BCUT2D eigenvalue weighted by molar-refractivity contribution is 8.00. The van der Waals surface area contributed by atoms with E-state index in [9.17, 15) is 0 Å². The molecule has 1 aliphatic heterocycles. The van der Waals surface area contributed by atoms with Gasteiger partial charge in [0.2, 0.25) is 0 Å². The van der Waals surface area contributed by atoms with Crippen LogP contribution in [0.3, 0.4) is 0 Å². The topological polar surface area (TPSA) is 33.0 Å². The molecule has 1 rings (SSSR count). The summed E-state index contributed by atoms with van der Waals surface area (Å²) in [5.74, 6) is 1.11. The summed E-state index contributed by atoms with van der Waals surface area (Å²) in [7, 11) is 0. The third-order valence-corrected chi connectivity index (χ3v) is 2.66. The Bertz CT molecular complexity index is 128. The van der Waals surface area contributed by atoms with E-state index in [0.29, 0.717) is 6.42 Å². The predicted octanol–water partition coefficient (Wildman–Crippen LogP) is 1.42. The molecule has 0 saturated carbocycles. The van der Waals surface area contributed by atoms with Crippen LogP contribution in [0.25, 0.3) is 0 Å². The SMILES string of the molecule is N#CCCCSC1COC1. The fourth-order valence-electron chi connectivity index (χ4n) is 0.712. The highest BCUT2D eigenvalue weighted by Crippen LogP contribution is 2.19. The summed E-state index contributed by atoms with van der Waals surface area (Å²) in [4.78, 5) is 0. The van der Waals surface area contributed by atoms with Crippen LogP contribution in [0.2, 0.25) is 0 Å². The zero-order valence-electron chi connectivity index (χ0n) is 5.88. The fraction of sp³-hybridized carbons (Fsp3) is 0.857. The van der Waals surface area contributed by atoms with Crippen LogP contribution >= 0.6 is 11.8 Å². The number of hydrogen-bond acceptors (Lipinski definition) is 3. The van der Waals surface area contributed by atoms with Crippen molar-refractivity contribution in [1.82, 2.24) is 0 Å². The van der Waals surface area contributed by atoms with Crippen molar-refractivity contribution < 1.29 is 4.74 Å². The van der Waals surface area contributed by atoms with Crippen LogP contribution in [0.5, 0.6) is 0 Å². The van der Waals surface area contributed by atoms with Crippen LogP contribution in [0, 0.1) is 11.3 Å². The first kappa shape index (κ1) is 7.90. The highest BCUT2D eigenvalue weighted by Gasteiger charge is 2.17. The van der Waals surface area contributed by atoms with Gasteiger partial charge in [0.05, 0.1) is 24.5 Å². The molecule has 0 atom stereocenters. The summed E-state index contributed by atoms with van der Waals surface area (Å²) in [6.07, 6.45) is 1.72. The van der Waals surface area contributed by atoms with Crippen LogP contribution < -0.4 is 0 Å². The Morgan fingerprint density at radius 2 is 2.40 bits per heavy atom. The largest absolute Gasteiger partial charge is 0.379 e. The van der Waals surface area contributed by atoms with Crippen LogP contribution in [0.15, 0.2) is 0 Å². The van der Waals surface area contributed by atoms with E-state index in [1.165, 1.54) is 0 Å². The minimum atomic E-state index is 0.695. The molecule has 0 bridgehead atoms. The Kier molecular flexibility index (Phi) is 3.63. The zero-order chi connectivity index (χ0) is 7.23. The molecular formula is C7H11NOS. The number of ether oxygens (including phenoxy) is 1. The maximum absolute atomic E-state index is 8.22. The van der Waals surface area contributed by atoms with Crippen molar-refractivity contribution in [3.63, 3.8) is 0 Å². The molecule has 0 radical (unpaired) electrons. The van der Waals surface area contributed by atoms with Crippen molar-refractivity contribution in [3.05, 3.63) is 0 Å². The van der Waals surface area contributed by atoms with Gasteiger partial charge in [-0.3, -0.25) is 0 Å². The number of rotatable bonds is 4. The molecule has 3 heteroatoms. The van der Waals surface area contributed by atoms with E-state index >= 15 is 0 Å². The average molecular weight is 157 g/mol. The minimum Gasteiger partial charge on any atom is -0.379 e. The average Bonchev–Trinajstić information content (AvgIpc) is 1.84. The number of nitriles is 1. The molecular weight excluding hydrogens is 146 g/mol. The summed E-state index contributed by atoms with van der Waals surface area (Å²) < 4.78 is 5.01. The molecule has 1 heterocycles. The van der Waals surface area contributed by atoms with E-state index < -0.39 is 0 Å². The van der Waals surface area contributed by atoms with E-state index in [-0.39, 0.29) is 0 Å². The van der Waals surface area contributed by atoms with Gasteiger partial charge in [-0.25, -0.2) is 0 Å². The maximum atomic E-state index is 8.22. The summed E-state index contributed by atoms with van der Waals surface area (Å²) in [6, 6.07) is 2.13. The first-order valence-corrected chi connectivity index (χ1v) is 4.54. The summed E-state index contributed by atoms with van der Waals surface area (Å²) >= 11 is 1.93. The molecule has 10 heavy (non-hydrogen) atoms.